The van der Waals surface area contributed by atoms with E-state index in [1.54, 1.807) is 30.3 Å². The molecule has 2 saturated heterocycles. The highest BCUT2D eigenvalue weighted by molar-refractivity contribution is 7.89. The van der Waals surface area contributed by atoms with Gasteiger partial charge in [0, 0.05) is 19.6 Å². The van der Waals surface area contributed by atoms with Gasteiger partial charge in [0.1, 0.15) is 0 Å². The molecule has 7 heteroatoms. The molecule has 1 aromatic carbocycles. The standard InChI is InChI=1S/C19H29N3O3S/c23-19(21-12-10-16-6-4-11-20-14-16)17-7-5-13-22(15-17)26(24,25)18-8-2-1-3-9-18/h1-3,8-9,16-17,20H,4-7,10-15H2,(H,21,23). The van der Waals surface area contributed by atoms with E-state index >= 15 is 0 Å². The molecule has 2 atom stereocenters. The summed E-state index contributed by atoms with van der Waals surface area (Å²) in [7, 11) is -3.52. The quantitative estimate of drug-likeness (QED) is 0.787. The van der Waals surface area contributed by atoms with E-state index in [0.717, 1.165) is 32.4 Å². The van der Waals surface area contributed by atoms with Gasteiger partial charge in [0.2, 0.25) is 15.9 Å². The summed E-state index contributed by atoms with van der Waals surface area (Å²) in [4.78, 5) is 12.8. The van der Waals surface area contributed by atoms with Gasteiger partial charge in [-0.2, -0.15) is 4.31 Å². The minimum absolute atomic E-state index is 0.0123. The molecule has 2 heterocycles. The SMILES string of the molecule is O=C(NCCC1CCCNC1)C1CCCN(S(=O)(=O)c2ccccc2)C1. The molecule has 144 valence electrons. The van der Waals surface area contributed by atoms with Gasteiger partial charge in [-0.05, 0) is 63.2 Å². The number of hydrogen-bond donors (Lipinski definition) is 2. The van der Waals surface area contributed by atoms with Crippen molar-refractivity contribution in [3.8, 4) is 0 Å². The van der Waals surface area contributed by atoms with Crippen LogP contribution in [0.25, 0.3) is 0 Å². The molecule has 2 aliphatic rings. The zero-order valence-corrected chi connectivity index (χ0v) is 16.0. The molecule has 0 spiro atoms. The first-order valence-electron chi connectivity index (χ1n) is 9.61. The van der Waals surface area contributed by atoms with Crippen molar-refractivity contribution >= 4 is 15.9 Å². The van der Waals surface area contributed by atoms with Gasteiger partial charge in [-0.25, -0.2) is 8.42 Å². The van der Waals surface area contributed by atoms with Crippen LogP contribution in [0, 0.1) is 11.8 Å². The third-order valence-electron chi connectivity index (χ3n) is 5.39. The second kappa shape index (κ2) is 8.97. The predicted octanol–water partition coefficient (Wildman–Crippen LogP) is 1.59. The Bertz CT molecular complexity index is 687. The molecule has 2 unspecified atom stereocenters. The van der Waals surface area contributed by atoms with Crippen LogP contribution in [0.3, 0.4) is 0 Å². The number of nitrogens with one attached hydrogen (secondary N) is 2. The molecule has 2 N–H and O–H groups in total. The largest absolute Gasteiger partial charge is 0.356 e. The molecule has 0 saturated carbocycles. The molecule has 0 radical (unpaired) electrons. The fourth-order valence-corrected chi connectivity index (χ4v) is 5.38. The Labute approximate surface area is 156 Å². The summed E-state index contributed by atoms with van der Waals surface area (Å²) in [6.07, 6.45) is 4.87. The van der Waals surface area contributed by atoms with Crippen molar-refractivity contribution in [1.82, 2.24) is 14.9 Å². The fraction of sp³-hybridized carbons (Fsp3) is 0.632. The molecule has 0 bridgehead atoms. The van der Waals surface area contributed by atoms with Crippen LogP contribution >= 0.6 is 0 Å². The second-order valence-corrected chi connectivity index (χ2v) is 9.25. The molecule has 1 aromatic rings. The number of carbonyl (C=O) groups is 1. The molecule has 6 nitrogen and oxygen atoms in total. The molecular weight excluding hydrogens is 350 g/mol. The minimum Gasteiger partial charge on any atom is -0.356 e. The zero-order chi connectivity index (χ0) is 18.4. The number of rotatable bonds is 6. The molecular formula is C19H29N3O3S. The van der Waals surface area contributed by atoms with Crippen molar-refractivity contribution in [3.05, 3.63) is 30.3 Å². The van der Waals surface area contributed by atoms with Crippen molar-refractivity contribution in [1.29, 1.82) is 0 Å². The van der Waals surface area contributed by atoms with Gasteiger partial charge in [0.15, 0.2) is 0 Å². The molecule has 2 fully saturated rings. The van der Waals surface area contributed by atoms with E-state index < -0.39 is 10.0 Å². The molecule has 2 aliphatic heterocycles. The third kappa shape index (κ3) is 4.84. The predicted molar refractivity (Wildman–Crippen MR) is 101 cm³/mol. The first-order chi connectivity index (χ1) is 12.6. The lowest BCUT2D eigenvalue weighted by atomic mass is 9.95. The number of nitrogens with zero attached hydrogens (tertiary/aromatic N) is 1. The van der Waals surface area contributed by atoms with Crippen molar-refractivity contribution in [2.24, 2.45) is 11.8 Å². The monoisotopic (exact) mass is 379 g/mol. The maximum absolute atomic E-state index is 12.8. The van der Waals surface area contributed by atoms with Crippen LogP contribution in [0.4, 0.5) is 0 Å². The van der Waals surface area contributed by atoms with Crippen LogP contribution in [0.15, 0.2) is 35.2 Å². The lowest BCUT2D eigenvalue weighted by Gasteiger charge is -2.31. The molecule has 0 aliphatic carbocycles. The Hall–Kier alpha value is -1.44. The summed E-state index contributed by atoms with van der Waals surface area (Å²) in [5, 5.41) is 6.41. The van der Waals surface area contributed by atoms with Crippen molar-refractivity contribution < 1.29 is 13.2 Å². The summed E-state index contributed by atoms with van der Waals surface area (Å²) >= 11 is 0. The Morgan fingerprint density at radius 2 is 2.00 bits per heavy atom. The number of sulfonamides is 1. The molecule has 0 aromatic heterocycles. The van der Waals surface area contributed by atoms with Crippen LogP contribution in [0.5, 0.6) is 0 Å². The van der Waals surface area contributed by atoms with Crippen LogP contribution in [-0.2, 0) is 14.8 Å². The topological polar surface area (TPSA) is 78.5 Å². The Morgan fingerprint density at radius 3 is 2.73 bits per heavy atom. The van der Waals surface area contributed by atoms with E-state index in [9.17, 15) is 13.2 Å². The molecule has 26 heavy (non-hydrogen) atoms. The van der Waals surface area contributed by atoms with Crippen LogP contribution in [0.2, 0.25) is 0 Å². The maximum Gasteiger partial charge on any atom is 0.243 e. The van der Waals surface area contributed by atoms with Crippen molar-refractivity contribution in [2.45, 2.75) is 37.0 Å². The minimum atomic E-state index is -3.52. The fourth-order valence-electron chi connectivity index (χ4n) is 3.83. The van der Waals surface area contributed by atoms with E-state index in [0.29, 0.717) is 23.9 Å². The van der Waals surface area contributed by atoms with Crippen molar-refractivity contribution in [3.63, 3.8) is 0 Å². The van der Waals surface area contributed by atoms with Crippen LogP contribution < -0.4 is 10.6 Å². The number of hydrogen-bond acceptors (Lipinski definition) is 4. The van der Waals surface area contributed by atoms with Gasteiger partial charge < -0.3 is 10.6 Å². The Kier molecular flexibility index (Phi) is 6.67. The van der Waals surface area contributed by atoms with E-state index in [2.05, 4.69) is 10.6 Å². The third-order valence-corrected chi connectivity index (χ3v) is 7.27. The summed E-state index contributed by atoms with van der Waals surface area (Å²) in [6.45, 7) is 3.55. The van der Waals surface area contributed by atoms with Crippen LogP contribution in [0.1, 0.15) is 32.1 Å². The smallest absolute Gasteiger partial charge is 0.243 e. The van der Waals surface area contributed by atoms with Gasteiger partial charge in [-0.1, -0.05) is 18.2 Å². The number of amides is 1. The highest BCUT2D eigenvalue weighted by Crippen LogP contribution is 2.24. The first kappa shape index (κ1) is 19.3. The van der Waals surface area contributed by atoms with Gasteiger partial charge in [-0.3, -0.25) is 4.79 Å². The highest BCUT2D eigenvalue weighted by atomic mass is 32.2. The average molecular weight is 380 g/mol. The first-order valence-corrected chi connectivity index (χ1v) is 11.0. The van der Waals surface area contributed by atoms with Gasteiger partial charge in [0.25, 0.3) is 0 Å². The van der Waals surface area contributed by atoms with Gasteiger partial charge in [-0.15, -0.1) is 0 Å². The van der Waals surface area contributed by atoms with E-state index in [1.807, 2.05) is 0 Å². The summed E-state index contributed by atoms with van der Waals surface area (Å²) in [6, 6.07) is 8.46. The zero-order valence-electron chi connectivity index (χ0n) is 15.2. The normalized spacial score (nSPS) is 24.9. The van der Waals surface area contributed by atoms with Crippen molar-refractivity contribution in [2.75, 3.05) is 32.7 Å². The number of carbonyl (C=O) groups excluding carboxylic acids is 1. The van der Waals surface area contributed by atoms with Gasteiger partial charge >= 0.3 is 0 Å². The molecule has 1 amide bonds. The van der Waals surface area contributed by atoms with E-state index in [1.165, 1.54) is 17.1 Å². The van der Waals surface area contributed by atoms with Crippen LogP contribution in [-0.4, -0.2) is 51.4 Å². The second-order valence-electron chi connectivity index (χ2n) is 7.31. The number of piperidine rings is 2. The Morgan fingerprint density at radius 1 is 1.19 bits per heavy atom. The van der Waals surface area contributed by atoms with E-state index in [-0.39, 0.29) is 18.4 Å². The maximum atomic E-state index is 12.8. The average Bonchev–Trinajstić information content (AvgIpc) is 2.69. The molecule has 3 rings (SSSR count). The van der Waals surface area contributed by atoms with E-state index in [4.69, 9.17) is 0 Å². The summed E-state index contributed by atoms with van der Waals surface area (Å²) in [5.41, 5.74) is 0. The van der Waals surface area contributed by atoms with Gasteiger partial charge in [0.05, 0.1) is 10.8 Å². The lowest BCUT2D eigenvalue weighted by molar-refractivity contribution is -0.126. The Balaban J connectivity index is 1.52. The lowest BCUT2D eigenvalue weighted by Crippen LogP contribution is -2.45. The highest BCUT2D eigenvalue weighted by Gasteiger charge is 2.33. The summed E-state index contributed by atoms with van der Waals surface area (Å²) in [5.74, 6) is 0.360. The number of benzene rings is 1. The summed E-state index contributed by atoms with van der Waals surface area (Å²) < 4.78 is 27.0.